The Morgan fingerprint density at radius 1 is 0.687 bits per heavy atom. The monoisotopic (exact) mass is 947 g/mol. The van der Waals surface area contributed by atoms with Gasteiger partial charge in [-0.2, -0.15) is 0 Å². The lowest BCUT2D eigenvalue weighted by atomic mass is 9.90. The number of likely N-dealkylation sites (N-methyl/N-ethyl adjacent to an activating group) is 2. The Balaban J connectivity index is 3.06. The number of hydrogen-bond acceptors (Lipinski definition) is 11. The molecule has 1 aromatic carbocycles. The molecule has 0 spiro atoms. The van der Waals surface area contributed by atoms with Crippen molar-refractivity contribution < 1.29 is 47.8 Å². The van der Waals surface area contributed by atoms with Crippen LogP contribution >= 0.6 is 0 Å². The molecule has 7 atom stereocenters. The minimum Gasteiger partial charge on any atom is -0.484 e. The van der Waals surface area contributed by atoms with E-state index in [2.05, 4.69) is 45.9 Å². The predicted molar refractivity (Wildman–Crippen MR) is 257 cm³/mol. The van der Waals surface area contributed by atoms with Gasteiger partial charge in [-0.1, -0.05) is 75.2 Å². The van der Waals surface area contributed by atoms with Crippen molar-refractivity contribution in [2.75, 3.05) is 39.7 Å². The van der Waals surface area contributed by atoms with E-state index in [-0.39, 0.29) is 85.8 Å². The van der Waals surface area contributed by atoms with Crippen molar-refractivity contribution in [3.8, 4) is 5.75 Å². The van der Waals surface area contributed by atoms with Crippen LogP contribution in [0.3, 0.4) is 0 Å². The first kappa shape index (κ1) is 59.5. The highest BCUT2D eigenvalue weighted by molar-refractivity contribution is 5.98. The summed E-state index contributed by atoms with van der Waals surface area (Å²) in [5, 5.41) is 13.7. The van der Waals surface area contributed by atoms with Gasteiger partial charge < -0.3 is 51.6 Å². The Kier molecular flexibility index (Phi) is 27.3. The van der Waals surface area contributed by atoms with Crippen LogP contribution in [0.15, 0.2) is 24.3 Å². The van der Waals surface area contributed by atoms with Crippen LogP contribution in [-0.2, 0) is 38.3 Å². The summed E-state index contributed by atoms with van der Waals surface area (Å²) in [6.07, 6.45) is 3.82. The number of anilines is 1. The van der Waals surface area contributed by atoms with E-state index in [9.17, 15) is 38.4 Å². The van der Waals surface area contributed by atoms with E-state index in [1.807, 2.05) is 34.6 Å². The fraction of sp³-hybridized carbons (Fsp3) is 0.702. The first-order chi connectivity index (χ1) is 31.5. The maximum atomic E-state index is 14.0. The van der Waals surface area contributed by atoms with Gasteiger partial charge >= 0.3 is 6.03 Å². The molecule has 0 aromatic heterocycles. The van der Waals surface area contributed by atoms with Crippen molar-refractivity contribution in [3.63, 3.8) is 0 Å². The Labute approximate surface area is 397 Å². The summed E-state index contributed by atoms with van der Waals surface area (Å²) in [6.45, 7) is 16.8. The molecule has 20 heteroatoms. The lowest BCUT2D eigenvalue weighted by Crippen LogP contribution is -2.60. The van der Waals surface area contributed by atoms with Crippen molar-refractivity contribution in [1.82, 2.24) is 36.5 Å². The van der Waals surface area contributed by atoms with Crippen molar-refractivity contribution in [3.05, 3.63) is 24.3 Å². The van der Waals surface area contributed by atoms with Gasteiger partial charge in [-0.15, -0.1) is 0 Å². The van der Waals surface area contributed by atoms with Crippen LogP contribution in [0.2, 0.25) is 0 Å². The van der Waals surface area contributed by atoms with Gasteiger partial charge in [0.15, 0.2) is 6.61 Å². The number of hydrazine groups is 1. The summed E-state index contributed by atoms with van der Waals surface area (Å²) in [5.74, 6) is 1.70. The smallest absolute Gasteiger partial charge is 0.312 e. The van der Waals surface area contributed by atoms with Crippen molar-refractivity contribution >= 4 is 53.1 Å². The second-order valence-corrected chi connectivity index (χ2v) is 18.1. The zero-order valence-corrected chi connectivity index (χ0v) is 42.0. The van der Waals surface area contributed by atoms with E-state index < -0.39 is 60.4 Å². The summed E-state index contributed by atoms with van der Waals surface area (Å²) in [5.41, 5.74) is 7.61. The standard InChI is InChI=1S/C47H82N10O10/c1-13-31(9)42(35(14-2)66-12)57(11)46(64)40(29(5)6)54-45(63)41(30(7)8)56(10)38(60)27-67-33-24-22-32(23-25-33)51-43(61)34(19-18-26-50-47(48)65)52-44(62)39(28(3)4)53-36(58)20-16-15-17-21-37(59)55-49/h22-25,28-31,34-35,39-42H,13-21,26-27,49H2,1-12H3,(H,51,61)(H,52,62)(H,53,58)(H,54,63)(H,55,59)(H3,48,50,65)/t31-,34-,35+,39?,40-,41?,42-/m0/s1. The van der Waals surface area contributed by atoms with Crippen LogP contribution in [-0.4, -0.2) is 128 Å². The molecule has 0 saturated heterocycles. The molecule has 0 bridgehead atoms. The number of nitrogens with zero attached hydrogens (tertiary/aromatic N) is 2. The number of unbranched alkanes of at least 4 members (excludes halogenated alkanes) is 2. The van der Waals surface area contributed by atoms with E-state index in [0.717, 1.165) is 6.42 Å². The van der Waals surface area contributed by atoms with Crippen LogP contribution in [0.1, 0.15) is 120 Å². The minimum atomic E-state index is -1.06. The van der Waals surface area contributed by atoms with E-state index >= 15 is 0 Å². The predicted octanol–water partition coefficient (Wildman–Crippen LogP) is 2.94. The van der Waals surface area contributed by atoms with Crippen LogP contribution in [0, 0.1) is 23.7 Å². The third-order valence-corrected chi connectivity index (χ3v) is 11.9. The number of urea groups is 1. The molecule has 0 aliphatic carbocycles. The number of nitrogens with two attached hydrogens (primary N) is 2. The molecule has 1 aromatic rings. The molecular formula is C47H82N10O10. The molecule has 0 aliphatic heterocycles. The number of amides is 9. The van der Waals surface area contributed by atoms with Gasteiger partial charge in [0.2, 0.25) is 35.4 Å². The highest BCUT2D eigenvalue weighted by atomic mass is 16.5. The van der Waals surface area contributed by atoms with Crippen molar-refractivity contribution in [2.24, 2.45) is 35.2 Å². The second-order valence-electron chi connectivity index (χ2n) is 18.1. The third-order valence-electron chi connectivity index (χ3n) is 11.9. The number of hydrogen-bond donors (Lipinski definition) is 8. The molecule has 20 nitrogen and oxygen atoms in total. The molecule has 0 radical (unpaired) electrons. The van der Waals surface area contributed by atoms with Crippen molar-refractivity contribution in [2.45, 2.75) is 156 Å². The normalized spacial score (nSPS) is 14.4. The molecule has 2 unspecified atom stereocenters. The van der Waals surface area contributed by atoms with Gasteiger partial charge in [0.1, 0.15) is 29.9 Å². The first-order valence-electron chi connectivity index (χ1n) is 23.6. The fourth-order valence-electron chi connectivity index (χ4n) is 7.75. The Hall–Kier alpha value is -5.50. The quantitative estimate of drug-likeness (QED) is 0.0232. The SMILES string of the molecule is CC[C@H](C)[C@@H]([C@@H](CC)OC)N(C)C(=O)[C@@H](NC(=O)C(C(C)C)N(C)C(=O)COc1ccc(NC(=O)[C@H](CCCNC(N)=O)NC(=O)C(NC(=O)CCCCCC(=O)NN)C(C)C)cc1)C(C)C. The van der Waals surface area contributed by atoms with E-state index in [1.54, 1.807) is 57.2 Å². The molecule has 67 heavy (non-hydrogen) atoms. The van der Waals surface area contributed by atoms with Crippen LogP contribution in [0.4, 0.5) is 10.5 Å². The number of rotatable bonds is 31. The molecule has 0 aliphatic rings. The van der Waals surface area contributed by atoms with Gasteiger partial charge in [0.25, 0.3) is 5.91 Å². The lowest BCUT2D eigenvalue weighted by Gasteiger charge is -2.40. The summed E-state index contributed by atoms with van der Waals surface area (Å²) >= 11 is 0. The highest BCUT2D eigenvalue weighted by Gasteiger charge is 2.38. The number of methoxy groups -OCH3 is 1. The number of nitrogens with one attached hydrogen (secondary N) is 6. The molecule has 0 heterocycles. The summed E-state index contributed by atoms with van der Waals surface area (Å²) in [4.78, 5) is 107. The van der Waals surface area contributed by atoms with Gasteiger partial charge in [-0.05, 0) is 80.0 Å². The molecule has 1 rings (SSSR count). The van der Waals surface area contributed by atoms with E-state index in [1.165, 1.54) is 11.9 Å². The molecule has 0 fully saturated rings. The lowest BCUT2D eigenvalue weighted by molar-refractivity contribution is -0.146. The van der Waals surface area contributed by atoms with E-state index in [4.69, 9.17) is 21.1 Å². The van der Waals surface area contributed by atoms with Crippen LogP contribution < -0.4 is 48.3 Å². The maximum absolute atomic E-state index is 14.0. The minimum absolute atomic E-state index is 0.122. The summed E-state index contributed by atoms with van der Waals surface area (Å²) in [6, 6.07) is 1.49. The number of carbonyl (C=O) groups excluding carboxylic acids is 8. The number of ether oxygens (including phenoxy) is 2. The van der Waals surface area contributed by atoms with E-state index in [0.29, 0.717) is 37.1 Å². The molecular weight excluding hydrogens is 865 g/mol. The number of benzene rings is 1. The van der Waals surface area contributed by atoms with Gasteiger partial charge in [0, 0.05) is 46.3 Å². The third kappa shape index (κ3) is 20.5. The van der Waals surface area contributed by atoms with Crippen molar-refractivity contribution in [1.29, 1.82) is 0 Å². The maximum Gasteiger partial charge on any atom is 0.312 e. The largest absolute Gasteiger partial charge is 0.484 e. The van der Waals surface area contributed by atoms with Crippen LogP contribution in [0.25, 0.3) is 0 Å². The summed E-state index contributed by atoms with van der Waals surface area (Å²) < 4.78 is 11.6. The first-order valence-corrected chi connectivity index (χ1v) is 23.6. The Morgan fingerprint density at radius 2 is 1.28 bits per heavy atom. The average Bonchev–Trinajstić information content (AvgIpc) is 3.28. The van der Waals surface area contributed by atoms with Gasteiger partial charge in [-0.3, -0.25) is 39.0 Å². The zero-order chi connectivity index (χ0) is 51.0. The zero-order valence-electron chi connectivity index (χ0n) is 42.0. The number of primary amides is 1. The Morgan fingerprint density at radius 3 is 1.79 bits per heavy atom. The molecule has 10 N–H and O–H groups in total. The van der Waals surface area contributed by atoms with Gasteiger partial charge in [0.05, 0.1) is 12.1 Å². The topological polar surface area (TPSA) is 286 Å². The molecule has 380 valence electrons. The average molecular weight is 947 g/mol. The summed E-state index contributed by atoms with van der Waals surface area (Å²) in [7, 11) is 4.90. The Bertz CT molecular complexity index is 1740. The fourth-order valence-corrected chi connectivity index (χ4v) is 7.75. The van der Waals surface area contributed by atoms with Gasteiger partial charge in [-0.25, -0.2) is 10.6 Å². The molecule has 9 amide bonds. The van der Waals surface area contributed by atoms with Crippen LogP contribution in [0.5, 0.6) is 5.75 Å². The highest BCUT2D eigenvalue weighted by Crippen LogP contribution is 2.24. The molecule has 0 saturated carbocycles. The number of carbonyl (C=O) groups is 8. The second kappa shape index (κ2) is 30.7.